The highest BCUT2D eigenvalue weighted by Crippen LogP contribution is 2.47. The molecule has 0 aliphatic carbocycles. The minimum absolute atomic E-state index is 0.0369. The van der Waals surface area contributed by atoms with Crippen molar-refractivity contribution in [2.75, 3.05) is 26.9 Å². The van der Waals surface area contributed by atoms with Gasteiger partial charge in [0, 0.05) is 60.2 Å². The molecule has 2 unspecified atom stereocenters. The fourth-order valence-corrected chi connectivity index (χ4v) is 6.56. The summed E-state index contributed by atoms with van der Waals surface area (Å²) in [4.78, 5) is 19.5. The van der Waals surface area contributed by atoms with E-state index in [0.717, 1.165) is 27.4 Å². The van der Waals surface area contributed by atoms with Crippen LogP contribution >= 0.6 is 11.3 Å². The molecule has 222 valence electrons. The second-order valence-electron chi connectivity index (χ2n) is 10.5. The van der Waals surface area contributed by atoms with Crippen LogP contribution < -0.4 is 4.74 Å². The highest BCUT2D eigenvalue weighted by Gasteiger charge is 2.34. The first-order valence-electron chi connectivity index (χ1n) is 13.8. The second kappa shape index (κ2) is 11.3. The third-order valence-electron chi connectivity index (χ3n) is 7.64. The number of halogens is 2. The fourth-order valence-electron chi connectivity index (χ4n) is 5.61. The lowest BCUT2D eigenvalue weighted by Gasteiger charge is -2.36. The molecule has 1 amide bonds. The minimum Gasteiger partial charge on any atom is -0.490 e. The summed E-state index contributed by atoms with van der Waals surface area (Å²) in [6.07, 6.45) is 4.90. The lowest BCUT2D eigenvalue weighted by molar-refractivity contribution is -0.129. The van der Waals surface area contributed by atoms with Gasteiger partial charge < -0.3 is 14.4 Å². The number of carbonyl (C=O) groups is 1. The molecule has 0 N–H and O–H groups in total. The van der Waals surface area contributed by atoms with E-state index in [0.29, 0.717) is 29.2 Å². The van der Waals surface area contributed by atoms with Crippen LogP contribution in [0.3, 0.4) is 0 Å². The van der Waals surface area contributed by atoms with Gasteiger partial charge in [-0.1, -0.05) is 6.58 Å². The van der Waals surface area contributed by atoms with Gasteiger partial charge in [0.15, 0.2) is 0 Å². The maximum absolute atomic E-state index is 15.9. The van der Waals surface area contributed by atoms with Crippen molar-refractivity contribution in [2.45, 2.75) is 25.9 Å². The molecule has 43 heavy (non-hydrogen) atoms. The summed E-state index contributed by atoms with van der Waals surface area (Å²) in [5.74, 6) is -1.68. The van der Waals surface area contributed by atoms with Crippen LogP contribution in [0.5, 0.6) is 5.75 Å². The normalized spacial score (nSPS) is 16.5. The van der Waals surface area contributed by atoms with E-state index >= 15 is 4.39 Å². The molecular weight excluding hydrogens is 574 g/mol. The maximum atomic E-state index is 15.9. The molecule has 0 saturated heterocycles. The van der Waals surface area contributed by atoms with Gasteiger partial charge in [-0.2, -0.15) is 10.2 Å². The van der Waals surface area contributed by atoms with Crippen LogP contribution in [0, 0.1) is 11.6 Å². The molecule has 1 aromatic carbocycles. The number of hydrogen-bond acceptors (Lipinski definition) is 7. The average Bonchev–Trinajstić information content (AvgIpc) is 3.74. The van der Waals surface area contributed by atoms with Crippen LogP contribution in [0.1, 0.15) is 31.6 Å². The Morgan fingerprint density at radius 1 is 1.19 bits per heavy atom. The summed E-state index contributed by atoms with van der Waals surface area (Å²) in [5.41, 5.74) is 3.66. The Kier molecular flexibility index (Phi) is 7.57. The number of thiophene rings is 1. The number of benzene rings is 1. The van der Waals surface area contributed by atoms with E-state index in [1.807, 2.05) is 49.3 Å². The van der Waals surface area contributed by atoms with Crippen LogP contribution in [0.2, 0.25) is 0 Å². The highest BCUT2D eigenvalue weighted by molar-refractivity contribution is 7.18. The molecule has 6 rings (SSSR count). The first-order valence-corrected chi connectivity index (χ1v) is 14.6. The molecule has 12 heteroatoms. The predicted octanol–water partition coefficient (Wildman–Crippen LogP) is 6.18. The number of ether oxygens (including phenoxy) is 2. The topological polar surface area (TPSA) is 87.3 Å². The van der Waals surface area contributed by atoms with E-state index in [1.54, 1.807) is 15.8 Å². The van der Waals surface area contributed by atoms with Gasteiger partial charge in [0.2, 0.25) is 5.91 Å². The number of hydrogen-bond donors (Lipinski definition) is 0. The van der Waals surface area contributed by atoms with Crippen LogP contribution in [0.4, 0.5) is 8.78 Å². The van der Waals surface area contributed by atoms with Crippen molar-refractivity contribution in [1.82, 2.24) is 29.4 Å². The quantitative estimate of drug-likeness (QED) is 0.155. The zero-order chi connectivity index (χ0) is 30.4. The smallest absolute Gasteiger partial charge is 0.246 e. The average molecular weight is 605 g/mol. The van der Waals surface area contributed by atoms with Gasteiger partial charge in [0.05, 0.1) is 41.8 Å². The van der Waals surface area contributed by atoms with Crippen molar-refractivity contribution in [3.63, 3.8) is 0 Å². The van der Waals surface area contributed by atoms with E-state index in [2.05, 4.69) is 11.7 Å². The molecular formula is C31H30F2N6O3S. The van der Waals surface area contributed by atoms with Crippen molar-refractivity contribution in [1.29, 1.82) is 0 Å². The number of nitrogens with zero attached hydrogens (tertiary/aromatic N) is 6. The Morgan fingerprint density at radius 2 is 2.00 bits per heavy atom. The number of fused-ring (bicyclic) bond motifs is 2. The number of carbonyl (C=O) groups excluding carboxylic acids is 1. The van der Waals surface area contributed by atoms with Crippen LogP contribution in [0.15, 0.2) is 54.7 Å². The van der Waals surface area contributed by atoms with E-state index in [9.17, 15) is 9.18 Å². The van der Waals surface area contributed by atoms with Crippen molar-refractivity contribution in [3.05, 3.63) is 72.0 Å². The number of pyridine rings is 1. The molecule has 0 radical (unpaired) electrons. The number of rotatable bonds is 8. The van der Waals surface area contributed by atoms with Crippen molar-refractivity contribution < 1.29 is 23.0 Å². The molecule has 2 atom stereocenters. The van der Waals surface area contributed by atoms with E-state index < -0.39 is 11.6 Å². The monoisotopic (exact) mass is 604 g/mol. The predicted molar refractivity (Wildman–Crippen MR) is 161 cm³/mol. The molecule has 1 aliphatic heterocycles. The minimum atomic E-state index is -0.784. The Bertz CT molecular complexity index is 1860. The van der Waals surface area contributed by atoms with Crippen molar-refractivity contribution >= 4 is 27.3 Å². The lowest BCUT2D eigenvalue weighted by Crippen LogP contribution is -2.42. The molecule has 0 fully saturated rings. The number of amides is 1. The highest BCUT2D eigenvalue weighted by atomic mass is 32.1. The molecule has 5 heterocycles. The molecule has 0 bridgehead atoms. The van der Waals surface area contributed by atoms with Gasteiger partial charge in [-0.15, -0.1) is 11.3 Å². The maximum Gasteiger partial charge on any atom is 0.246 e. The van der Waals surface area contributed by atoms with Crippen LogP contribution in [-0.4, -0.2) is 62.2 Å². The van der Waals surface area contributed by atoms with Gasteiger partial charge >= 0.3 is 0 Å². The zero-order valence-electron chi connectivity index (χ0n) is 24.2. The van der Waals surface area contributed by atoms with Gasteiger partial charge in [-0.05, 0) is 37.4 Å². The Balaban J connectivity index is 1.64. The standard InChI is InChI=1S/C31H30F2N6O3S/c1-6-26(40)38-15-17(2)39-24(18(38)3)13-23(36-39)30-28(27-22(33)11-20(32)12-25(27)42-9-8-41-5)31-21(7-10-43-31)29(35-30)19-14-34-37(4)16-19/h6-7,10-14,16-18H,1,8-9,15H2,2-5H3. The first kappa shape index (κ1) is 28.7. The summed E-state index contributed by atoms with van der Waals surface area (Å²) < 4.78 is 45.8. The number of aryl methyl sites for hydroxylation is 1. The summed E-state index contributed by atoms with van der Waals surface area (Å²) in [7, 11) is 3.35. The molecule has 4 aromatic heterocycles. The summed E-state index contributed by atoms with van der Waals surface area (Å²) in [5, 5.41) is 12.0. The van der Waals surface area contributed by atoms with E-state index in [4.69, 9.17) is 19.6 Å². The van der Waals surface area contributed by atoms with Crippen molar-refractivity contribution in [2.24, 2.45) is 7.05 Å². The van der Waals surface area contributed by atoms with Gasteiger partial charge in [-0.3, -0.25) is 14.2 Å². The Morgan fingerprint density at radius 3 is 2.72 bits per heavy atom. The van der Waals surface area contributed by atoms with Crippen LogP contribution in [-0.2, 0) is 16.6 Å². The molecule has 5 aromatic rings. The van der Waals surface area contributed by atoms with Crippen LogP contribution in [0.25, 0.3) is 43.9 Å². The van der Waals surface area contributed by atoms with Crippen molar-refractivity contribution in [3.8, 4) is 39.5 Å². The lowest BCUT2D eigenvalue weighted by atomic mass is 9.96. The fraction of sp³-hybridized carbons (Fsp3) is 0.290. The summed E-state index contributed by atoms with van der Waals surface area (Å²) in [6.45, 7) is 8.35. The third-order valence-corrected chi connectivity index (χ3v) is 8.57. The molecule has 0 spiro atoms. The van der Waals surface area contributed by atoms with Gasteiger partial charge in [0.25, 0.3) is 0 Å². The summed E-state index contributed by atoms with van der Waals surface area (Å²) >= 11 is 1.42. The third kappa shape index (κ3) is 5.00. The van der Waals surface area contributed by atoms with Gasteiger partial charge in [0.1, 0.15) is 35.4 Å². The summed E-state index contributed by atoms with van der Waals surface area (Å²) in [6, 6.07) is 5.41. The van der Waals surface area contributed by atoms with Gasteiger partial charge in [-0.25, -0.2) is 13.8 Å². The second-order valence-corrected chi connectivity index (χ2v) is 11.4. The molecule has 0 saturated carbocycles. The number of aromatic nitrogens is 5. The first-order chi connectivity index (χ1) is 20.7. The van der Waals surface area contributed by atoms with E-state index in [-0.39, 0.29) is 42.5 Å². The largest absolute Gasteiger partial charge is 0.490 e. The Hall–Kier alpha value is -4.42. The Labute approximate surface area is 251 Å². The molecule has 9 nitrogen and oxygen atoms in total. The SMILES string of the molecule is C=CC(=O)N1CC(C)n2nc(-c3nc(-c4cnn(C)c4)c4ccsc4c3-c3c(F)cc(F)cc3OCCOC)cc2C1C. The van der Waals surface area contributed by atoms with E-state index in [1.165, 1.54) is 30.6 Å². The molecule has 1 aliphatic rings. The zero-order valence-corrected chi connectivity index (χ0v) is 25.0. The number of methoxy groups -OCH3 is 1.